The lowest BCUT2D eigenvalue weighted by Gasteiger charge is -1.95. The highest BCUT2D eigenvalue weighted by Crippen LogP contribution is 2.23. The lowest BCUT2D eigenvalue weighted by atomic mass is 10.1. The molecule has 0 aliphatic carbocycles. The Bertz CT molecular complexity index is 470. The summed E-state index contributed by atoms with van der Waals surface area (Å²) in [5, 5.41) is 15.9. The third kappa shape index (κ3) is 1.78. The second-order valence-corrected chi connectivity index (χ2v) is 3.95. The normalized spacial score (nSPS) is 10.5. The summed E-state index contributed by atoms with van der Waals surface area (Å²) in [6, 6.07) is 1.99. The first-order valence-electron chi connectivity index (χ1n) is 4.66. The smallest absolute Gasteiger partial charge is 0.126 e. The standard InChI is InChI=1S/C10H12N4S/c1-2-14-5-8(10(11)12)9(13-14)7-3-4-15-6-7/h3-6H,2H2,1H3,(H3,11,12). The van der Waals surface area contributed by atoms with Crippen LogP contribution in [0.15, 0.2) is 23.0 Å². The Morgan fingerprint density at radius 2 is 2.47 bits per heavy atom. The van der Waals surface area contributed by atoms with E-state index in [1.165, 1.54) is 0 Å². The molecule has 2 rings (SSSR count). The van der Waals surface area contributed by atoms with E-state index >= 15 is 0 Å². The molecule has 2 aromatic rings. The highest BCUT2D eigenvalue weighted by atomic mass is 32.1. The summed E-state index contributed by atoms with van der Waals surface area (Å²) in [6.45, 7) is 2.79. The number of nitrogens with two attached hydrogens (primary N) is 1. The van der Waals surface area contributed by atoms with Crippen LogP contribution in [0.3, 0.4) is 0 Å². The van der Waals surface area contributed by atoms with Gasteiger partial charge in [0, 0.05) is 23.7 Å². The summed E-state index contributed by atoms with van der Waals surface area (Å²) in [5.41, 5.74) is 8.05. The maximum Gasteiger partial charge on any atom is 0.126 e. The Morgan fingerprint density at radius 3 is 3.00 bits per heavy atom. The quantitative estimate of drug-likeness (QED) is 0.613. The molecular weight excluding hydrogens is 208 g/mol. The number of rotatable bonds is 3. The molecule has 0 saturated heterocycles. The molecule has 0 bridgehead atoms. The fraction of sp³-hybridized carbons (Fsp3) is 0.200. The fourth-order valence-electron chi connectivity index (χ4n) is 1.39. The lowest BCUT2D eigenvalue weighted by molar-refractivity contribution is 0.662. The first-order chi connectivity index (χ1) is 7.22. The second-order valence-electron chi connectivity index (χ2n) is 3.17. The van der Waals surface area contributed by atoms with E-state index in [1.54, 1.807) is 16.0 Å². The third-order valence-electron chi connectivity index (χ3n) is 2.17. The molecule has 0 spiro atoms. The molecular formula is C10H12N4S. The Kier molecular flexibility index (Phi) is 2.55. The molecule has 0 aromatic carbocycles. The van der Waals surface area contributed by atoms with Crippen LogP contribution in [-0.4, -0.2) is 15.6 Å². The van der Waals surface area contributed by atoms with Crippen LogP contribution in [0, 0.1) is 5.41 Å². The Hall–Kier alpha value is -1.62. The van der Waals surface area contributed by atoms with Crippen molar-refractivity contribution in [3.8, 4) is 11.3 Å². The predicted molar refractivity (Wildman–Crippen MR) is 62.2 cm³/mol. The minimum atomic E-state index is 0.0656. The molecule has 0 aliphatic heterocycles. The van der Waals surface area contributed by atoms with E-state index in [4.69, 9.17) is 11.1 Å². The van der Waals surface area contributed by atoms with E-state index in [1.807, 2.05) is 29.9 Å². The Labute approximate surface area is 91.9 Å². The van der Waals surface area contributed by atoms with Crippen LogP contribution in [0.2, 0.25) is 0 Å². The molecule has 2 aromatic heterocycles. The fourth-order valence-corrected chi connectivity index (χ4v) is 2.03. The van der Waals surface area contributed by atoms with Crippen molar-refractivity contribution in [2.24, 2.45) is 5.73 Å². The summed E-state index contributed by atoms with van der Waals surface area (Å²) in [5.74, 6) is 0.0656. The van der Waals surface area contributed by atoms with Gasteiger partial charge in [-0.2, -0.15) is 16.4 Å². The largest absolute Gasteiger partial charge is 0.384 e. The number of thiophene rings is 1. The Balaban J connectivity index is 2.54. The van der Waals surface area contributed by atoms with Gasteiger partial charge in [0.15, 0.2) is 0 Å². The minimum absolute atomic E-state index is 0.0656. The number of aryl methyl sites for hydroxylation is 1. The van der Waals surface area contributed by atoms with Gasteiger partial charge in [0.25, 0.3) is 0 Å². The number of aromatic nitrogens is 2. The van der Waals surface area contributed by atoms with Crippen molar-refractivity contribution in [3.63, 3.8) is 0 Å². The van der Waals surface area contributed by atoms with Crippen LogP contribution in [0.5, 0.6) is 0 Å². The summed E-state index contributed by atoms with van der Waals surface area (Å²) in [4.78, 5) is 0. The van der Waals surface area contributed by atoms with Gasteiger partial charge in [-0.25, -0.2) is 0 Å². The van der Waals surface area contributed by atoms with Crippen molar-refractivity contribution >= 4 is 17.2 Å². The Morgan fingerprint density at radius 1 is 1.67 bits per heavy atom. The molecule has 0 saturated carbocycles. The SMILES string of the molecule is CCn1cc(C(=N)N)c(-c2ccsc2)n1. The molecule has 3 N–H and O–H groups in total. The number of nitrogens with zero attached hydrogens (tertiary/aromatic N) is 2. The number of hydrogen-bond donors (Lipinski definition) is 2. The van der Waals surface area contributed by atoms with Crippen molar-refractivity contribution in [1.82, 2.24) is 9.78 Å². The summed E-state index contributed by atoms with van der Waals surface area (Å²) in [6.07, 6.45) is 1.81. The van der Waals surface area contributed by atoms with Crippen molar-refractivity contribution < 1.29 is 0 Å². The van der Waals surface area contributed by atoms with Crippen molar-refractivity contribution in [3.05, 3.63) is 28.6 Å². The molecule has 0 amide bonds. The van der Waals surface area contributed by atoms with E-state index < -0.39 is 0 Å². The summed E-state index contributed by atoms with van der Waals surface area (Å²) in [7, 11) is 0. The van der Waals surface area contributed by atoms with Gasteiger partial charge in [-0.15, -0.1) is 0 Å². The first-order valence-corrected chi connectivity index (χ1v) is 5.61. The third-order valence-corrected chi connectivity index (χ3v) is 2.85. The number of nitrogens with one attached hydrogen (secondary N) is 1. The molecule has 78 valence electrons. The van der Waals surface area contributed by atoms with E-state index in [2.05, 4.69) is 5.10 Å². The van der Waals surface area contributed by atoms with E-state index in [0.717, 1.165) is 17.8 Å². The summed E-state index contributed by atoms with van der Waals surface area (Å²) >= 11 is 1.61. The van der Waals surface area contributed by atoms with Gasteiger partial charge in [-0.3, -0.25) is 10.1 Å². The van der Waals surface area contributed by atoms with Crippen molar-refractivity contribution in [1.29, 1.82) is 5.41 Å². The molecule has 5 heteroatoms. The average Bonchev–Trinajstić information content (AvgIpc) is 2.86. The molecule has 0 fully saturated rings. The van der Waals surface area contributed by atoms with Crippen LogP contribution in [0.1, 0.15) is 12.5 Å². The predicted octanol–water partition coefficient (Wildman–Crippen LogP) is 1.92. The number of amidine groups is 1. The molecule has 0 unspecified atom stereocenters. The molecule has 2 heterocycles. The monoisotopic (exact) mass is 220 g/mol. The maximum atomic E-state index is 7.49. The van der Waals surface area contributed by atoms with Crippen LogP contribution in [0.25, 0.3) is 11.3 Å². The van der Waals surface area contributed by atoms with Gasteiger partial charge >= 0.3 is 0 Å². The van der Waals surface area contributed by atoms with Gasteiger partial charge in [0.2, 0.25) is 0 Å². The van der Waals surface area contributed by atoms with Crippen LogP contribution in [-0.2, 0) is 6.54 Å². The van der Waals surface area contributed by atoms with Crippen molar-refractivity contribution in [2.45, 2.75) is 13.5 Å². The number of nitrogen functional groups attached to an aromatic ring is 1. The topological polar surface area (TPSA) is 67.7 Å². The summed E-state index contributed by atoms with van der Waals surface area (Å²) < 4.78 is 1.80. The maximum absolute atomic E-state index is 7.49. The zero-order chi connectivity index (χ0) is 10.8. The average molecular weight is 220 g/mol. The van der Waals surface area contributed by atoms with E-state index in [0.29, 0.717) is 5.56 Å². The molecule has 0 atom stereocenters. The highest BCUT2D eigenvalue weighted by molar-refractivity contribution is 7.08. The van der Waals surface area contributed by atoms with Gasteiger partial charge in [-0.1, -0.05) is 0 Å². The first kappa shape index (κ1) is 9.92. The molecule has 0 radical (unpaired) electrons. The van der Waals surface area contributed by atoms with Crippen LogP contribution >= 0.6 is 11.3 Å². The van der Waals surface area contributed by atoms with Gasteiger partial charge in [0.1, 0.15) is 11.5 Å². The molecule has 0 aliphatic rings. The molecule has 4 nitrogen and oxygen atoms in total. The minimum Gasteiger partial charge on any atom is -0.384 e. The van der Waals surface area contributed by atoms with Crippen LogP contribution in [0.4, 0.5) is 0 Å². The molecule has 15 heavy (non-hydrogen) atoms. The highest BCUT2D eigenvalue weighted by Gasteiger charge is 2.12. The zero-order valence-electron chi connectivity index (χ0n) is 8.40. The number of hydrogen-bond acceptors (Lipinski definition) is 3. The second kappa shape index (κ2) is 3.86. The van der Waals surface area contributed by atoms with Gasteiger partial charge in [0.05, 0.1) is 5.56 Å². The van der Waals surface area contributed by atoms with Gasteiger partial charge in [-0.05, 0) is 18.4 Å². The van der Waals surface area contributed by atoms with Crippen LogP contribution < -0.4 is 5.73 Å². The lowest BCUT2D eigenvalue weighted by Crippen LogP contribution is -2.11. The zero-order valence-corrected chi connectivity index (χ0v) is 9.21. The van der Waals surface area contributed by atoms with Gasteiger partial charge < -0.3 is 5.73 Å². The van der Waals surface area contributed by atoms with E-state index in [9.17, 15) is 0 Å². The van der Waals surface area contributed by atoms with E-state index in [-0.39, 0.29) is 5.84 Å². The van der Waals surface area contributed by atoms with Crippen molar-refractivity contribution in [2.75, 3.05) is 0 Å².